The molecule has 4 rings (SSSR count). The lowest BCUT2D eigenvalue weighted by Crippen LogP contribution is -2.50. The van der Waals surface area contributed by atoms with Crippen LogP contribution in [0, 0.1) is 5.82 Å². The average molecular weight is 382 g/mol. The van der Waals surface area contributed by atoms with Gasteiger partial charge in [0, 0.05) is 38.1 Å². The SMILES string of the molecule is O=C(CN1CCN(C(=O)c2cnc3cccnn23)CC1)Nc1ccc(F)cc1. The first-order valence-electron chi connectivity index (χ1n) is 8.96. The number of amides is 2. The summed E-state index contributed by atoms with van der Waals surface area (Å²) < 4.78 is 14.5. The topological polar surface area (TPSA) is 82.8 Å². The van der Waals surface area contributed by atoms with Crippen LogP contribution in [0.15, 0.2) is 48.8 Å². The normalized spacial score (nSPS) is 15.0. The van der Waals surface area contributed by atoms with E-state index in [2.05, 4.69) is 15.4 Å². The zero-order valence-electron chi connectivity index (χ0n) is 15.1. The molecule has 0 atom stereocenters. The van der Waals surface area contributed by atoms with Gasteiger partial charge in [-0.25, -0.2) is 13.9 Å². The van der Waals surface area contributed by atoms with Gasteiger partial charge < -0.3 is 10.2 Å². The van der Waals surface area contributed by atoms with Crippen LogP contribution in [0.3, 0.4) is 0 Å². The number of benzene rings is 1. The van der Waals surface area contributed by atoms with Crippen LogP contribution in [0.1, 0.15) is 10.5 Å². The number of anilines is 1. The summed E-state index contributed by atoms with van der Waals surface area (Å²) in [6.07, 6.45) is 3.15. The number of carbonyl (C=O) groups excluding carboxylic acids is 2. The number of nitrogens with one attached hydrogen (secondary N) is 1. The number of aromatic nitrogens is 3. The van der Waals surface area contributed by atoms with E-state index in [0.717, 1.165) is 0 Å². The second-order valence-electron chi connectivity index (χ2n) is 6.56. The number of carbonyl (C=O) groups is 2. The molecule has 0 aliphatic carbocycles. The van der Waals surface area contributed by atoms with Gasteiger partial charge in [0.2, 0.25) is 5.91 Å². The Balaban J connectivity index is 1.31. The van der Waals surface area contributed by atoms with Gasteiger partial charge in [-0.2, -0.15) is 5.10 Å². The minimum Gasteiger partial charge on any atom is -0.335 e. The number of rotatable bonds is 4. The molecule has 2 amide bonds. The Bertz CT molecular complexity index is 995. The van der Waals surface area contributed by atoms with Crippen molar-refractivity contribution in [2.75, 3.05) is 38.0 Å². The first-order chi connectivity index (χ1) is 13.6. The average Bonchev–Trinajstić information content (AvgIpc) is 3.14. The van der Waals surface area contributed by atoms with Crippen LogP contribution in [0.4, 0.5) is 10.1 Å². The summed E-state index contributed by atoms with van der Waals surface area (Å²) in [5.74, 6) is -0.640. The van der Waals surface area contributed by atoms with Gasteiger partial charge in [-0.05, 0) is 36.4 Å². The molecule has 1 aromatic carbocycles. The van der Waals surface area contributed by atoms with Gasteiger partial charge in [-0.3, -0.25) is 14.5 Å². The zero-order chi connectivity index (χ0) is 19.5. The molecule has 28 heavy (non-hydrogen) atoms. The predicted molar refractivity (Wildman–Crippen MR) is 100 cm³/mol. The Kier molecular flexibility index (Phi) is 4.98. The van der Waals surface area contributed by atoms with Gasteiger partial charge in [0.25, 0.3) is 5.91 Å². The third kappa shape index (κ3) is 3.84. The number of fused-ring (bicyclic) bond motifs is 1. The van der Waals surface area contributed by atoms with E-state index in [-0.39, 0.29) is 24.2 Å². The molecule has 144 valence electrons. The number of imidazole rings is 1. The third-order valence-corrected chi connectivity index (χ3v) is 4.65. The molecule has 1 fully saturated rings. The largest absolute Gasteiger partial charge is 0.335 e. The van der Waals surface area contributed by atoms with E-state index in [1.54, 1.807) is 23.2 Å². The fourth-order valence-corrected chi connectivity index (χ4v) is 3.18. The molecule has 0 saturated carbocycles. The lowest BCUT2D eigenvalue weighted by molar-refractivity contribution is -0.117. The lowest BCUT2D eigenvalue weighted by Gasteiger charge is -2.34. The first kappa shape index (κ1) is 18.1. The maximum Gasteiger partial charge on any atom is 0.274 e. The van der Waals surface area contributed by atoms with Crippen molar-refractivity contribution < 1.29 is 14.0 Å². The minimum absolute atomic E-state index is 0.124. The van der Waals surface area contributed by atoms with Gasteiger partial charge in [0.05, 0.1) is 12.7 Å². The summed E-state index contributed by atoms with van der Waals surface area (Å²) >= 11 is 0. The Morgan fingerprint density at radius 2 is 1.82 bits per heavy atom. The van der Waals surface area contributed by atoms with Crippen molar-refractivity contribution in [2.45, 2.75) is 0 Å². The minimum atomic E-state index is -0.347. The quantitative estimate of drug-likeness (QED) is 0.735. The number of hydrogen-bond acceptors (Lipinski definition) is 5. The van der Waals surface area contributed by atoms with E-state index in [1.165, 1.54) is 35.0 Å². The predicted octanol–water partition coefficient (Wildman–Crippen LogP) is 1.26. The lowest BCUT2D eigenvalue weighted by atomic mass is 10.2. The molecule has 0 radical (unpaired) electrons. The number of piperazine rings is 1. The van der Waals surface area contributed by atoms with E-state index >= 15 is 0 Å². The maximum atomic E-state index is 12.9. The Morgan fingerprint density at radius 1 is 1.07 bits per heavy atom. The molecule has 1 aliphatic rings. The molecule has 1 aliphatic heterocycles. The van der Waals surface area contributed by atoms with Gasteiger partial charge in [-0.15, -0.1) is 0 Å². The summed E-state index contributed by atoms with van der Waals surface area (Å²) in [7, 11) is 0. The third-order valence-electron chi connectivity index (χ3n) is 4.65. The Hall–Kier alpha value is -3.33. The van der Waals surface area contributed by atoms with Gasteiger partial charge in [0.1, 0.15) is 5.82 Å². The molecule has 3 aromatic rings. The molecule has 0 unspecified atom stereocenters. The molecule has 1 saturated heterocycles. The van der Waals surface area contributed by atoms with E-state index in [0.29, 0.717) is 43.2 Å². The number of nitrogens with zero attached hydrogens (tertiary/aromatic N) is 5. The maximum absolute atomic E-state index is 12.9. The van der Waals surface area contributed by atoms with Crippen LogP contribution in [0.25, 0.3) is 5.65 Å². The summed E-state index contributed by atoms with van der Waals surface area (Å²) in [6.45, 7) is 2.43. The molecule has 8 nitrogen and oxygen atoms in total. The van der Waals surface area contributed by atoms with Crippen LogP contribution in [0.5, 0.6) is 0 Å². The highest BCUT2D eigenvalue weighted by molar-refractivity contribution is 5.93. The van der Waals surface area contributed by atoms with Gasteiger partial charge >= 0.3 is 0 Å². The molecule has 0 spiro atoms. The van der Waals surface area contributed by atoms with Crippen LogP contribution in [-0.2, 0) is 4.79 Å². The Labute approximate surface area is 160 Å². The van der Waals surface area contributed by atoms with Crippen molar-refractivity contribution in [3.05, 3.63) is 60.3 Å². The van der Waals surface area contributed by atoms with Crippen molar-refractivity contribution >= 4 is 23.1 Å². The van der Waals surface area contributed by atoms with Gasteiger partial charge in [0.15, 0.2) is 11.3 Å². The monoisotopic (exact) mass is 382 g/mol. The molecular formula is C19H19FN6O2. The van der Waals surface area contributed by atoms with Gasteiger partial charge in [-0.1, -0.05) is 0 Å². The van der Waals surface area contributed by atoms with Crippen molar-refractivity contribution in [3.8, 4) is 0 Å². The van der Waals surface area contributed by atoms with E-state index in [9.17, 15) is 14.0 Å². The van der Waals surface area contributed by atoms with Crippen molar-refractivity contribution in [2.24, 2.45) is 0 Å². The van der Waals surface area contributed by atoms with Crippen LogP contribution < -0.4 is 5.32 Å². The highest BCUT2D eigenvalue weighted by Gasteiger charge is 2.25. The summed E-state index contributed by atoms with van der Waals surface area (Å²) in [4.78, 5) is 32.9. The standard InChI is InChI=1S/C19H19FN6O2/c20-14-3-5-15(6-4-14)23-18(27)13-24-8-10-25(11-9-24)19(28)16-12-21-17-2-1-7-22-26(16)17/h1-7,12H,8-11,13H2,(H,23,27). The van der Waals surface area contributed by atoms with E-state index < -0.39 is 0 Å². The second-order valence-corrected chi connectivity index (χ2v) is 6.56. The fourth-order valence-electron chi connectivity index (χ4n) is 3.18. The molecule has 2 aromatic heterocycles. The first-order valence-corrected chi connectivity index (χ1v) is 8.96. The van der Waals surface area contributed by atoms with Crippen LogP contribution in [-0.4, -0.2) is 68.9 Å². The summed E-state index contributed by atoms with van der Waals surface area (Å²) in [5, 5.41) is 6.92. The number of halogens is 1. The highest BCUT2D eigenvalue weighted by Crippen LogP contribution is 2.11. The zero-order valence-corrected chi connectivity index (χ0v) is 15.1. The van der Waals surface area contributed by atoms with Crippen molar-refractivity contribution in [1.29, 1.82) is 0 Å². The summed E-state index contributed by atoms with van der Waals surface area (Å²) in [5.41, 5.74) is 1.61. The fraction of sp³-hybridized carbons (Fsp3) is 0.263. The smallest absolute Gasteiger partial charge is 0.274 e. The molecule has 1 N–H and O–H groups in total. The van der Waals surface area contributed by atoms with Crippen LogP contribution in [0.2, 0.25) is 0 Å². The van der Waals surface area contributed by atoms with Crippen molar-refractivity contribution in [1.82, 2.24) is 24.4 Å². The highest BCUT2D eigenvalue weighted by atomic mass is 19.1. The Morgan fingerprint density at radius 3 is 2.57 bits per heavy atom. The molecular weight excluding hydrogens is 363 g/mol. The molecule has 0 bridgehead atoms. The summed E-state index contributed by atoms with van der Waals surface area (Å²) in [6, 6.07) is 9.21. The molecule has 3 heterocycles. The molecule has 9 heteroatoms. The van der Waals surface area contributed by atoms with Crippen molar-refractivity contribution in [3.63, 3.8) is 0 Å². The number of hydrogen-bond donors (Lipinski definition) is 1. The second kappa shape index (κ2) is 7.73. The van der Waals surface area contributed by atoms with E-state index in [4.69, 9.17) is 0 Å². The van der Waals surface area contributed by atoms with E-state index in [1.807, 2.05) is 4.90 Å². The van der Waals surface area contributed by atoms with Crippen LogP contribution >= 0.6 is 0 Å².